The summed E-state index contributed by atoms with van der Waals surface area (Å²) < 4.78 is 28.2. The number of carbonyl (C=O) groups is 1. The lowest BCUT2D eigenvalue weighted by Gasteiger charge is -2.14. The van der Waals surface area contributed by atoms with E-state index < -0.39 is 13.1 Å². The van der Waals surface area contributed by atoms with E-state index in [-0.39, 0.29) is 5.56 Å². The van der Waals surface area contributed by atoms with Crippen LogP contribution in [0.3, 0.4) is 0 Å². The maximum atomic E-state index is 12.1. The van der Waals surface area contributed by atoms with E-state index in [0.717, 1.165) is 16.7 Å². The fraction of sp³-hybridized carbons (Fsp3) is 0.138. The first kappa shape index (κ1) is 26.3. The highest BCUT2D eigenvalue weighted by Crippen LogP contribution is 2.40. The maximum absolute atomic E-state index is 12.1. The molecule has 0 aromatic heterocycles. The molecule has 2 N–H and O–H groups in total. The van der Waals surface area contributed by atoms with Gasteiger partial charge < -0.3 is 24.0 Å². The van der Waals surface area contributed by atoms with Gasteiger partial charge in [-0.1, -0.05) is 54.6 Å². The van der Waals surface area contributed by atoms with Gasteiger partial charge in [-0.25, -0.2) is 0 Å². The highest BCUT2D eigenvalue weighted by molar-refractivity contribution is 7.70. The Bertz CT molecular complexity index is 1380. The van der Waals surface area contributed by atoms with E-state index in [2.05, 4.69) is 12.1 Å². The zero-order valence-corrected chi connectivity index (χ0v) is 21.1. The van der Waals surface area contributed by atoms with E-state index >= 15 is 0 Å². The molecule has 0 atom stereocenters. The molecule has 4 aromatic rings. The Kier molecular flexibility index (Phi) is 8.54. The Balaban J connectivity index is 1.48. The lowest BCUT2D eigenvalue weighted by atomic mass is 10.0. The monoisotopic (exact) mass is 518 g/mol. The molecule has 37 heavy (non-hydrogen) atoms. The molecule has 4 rings (SSSR count). The van der Waals surface area contributed by atoms with Gasteiger partial charge in [0.05, 0.1) is 6.61 Å². The fourth-order valence-electron chi connectivity index (χ4n) is 3.77. The minimum atomic E-state index is -4.90. The molecule has 0 heterocycles. The Morgan fingerprint density at radius 1 is 0.784 bits per heavy atom. The Labute approximate surface area is 215 Å². The van der Waals surface area contributed by atoms with E-state index in [1.807, 2.05) is 66.7 Å². The SMILES string of the molecule is COCCOc1ccc(C(=O)P(=O)(O)O)cc1Cc1ccc(Oc2ccc(-c3ccccc3)cc2)cc1. The van der Waals surface area contributed by atoms with E-state index in [0.29, 0.717) is 42.4 Å². The van der Waals surface area contributed by atoms with Gasteiger partial charge in [-0.05, 0) is 64.7 Å². The smallest absolute Gasteiger partial charge is 0.396 e. The van der Waals surface area contributed by atoms with Gasteiger partial charge in [-0.15, -0.1) is 0 Å². The summed E-state index contributed by atoms with van der Waals surface area (Å²) in [4.78, 5) is 30.7. The summed E-state index contributed by atoms with van der Waals surface area (Å²) in [6.07, 6.45) is 0.386. The molecule has 0 radical (unpaired) electrons. The maximum Gasteiger partial charge on any atom is 0.396 e. The number of hydrogen-bond acceptors (Lipinski definition) is 5. The summed E-state index contributed by atoms with van der Waals surface area (Å²) >= 11 is 0. The van der Waals surface area contributed by atoms with Crippen molar-refractivity contribution in [3.8, 4) is 28.4 Å². The summed E-state index contributed by atoms with van der Waals surface area (Å²) in [7, 11) is -3.34. The van der Waals surface area contributed by atoms with Crippen LogP contribution in [0.2, 0.25) is 0 Å². The average Bonchev–Trinajstić information content (AvgIpc) is 2.91. The highest BCUT2D eigenvalue weighted by atomic mass is 31.2. The van der Waals surface area contributed by atoms with Crippen molar-refractivity contribution in [3.63, 3.8) is 0 Å². The van der Waals surface area contributed by atoms with Crippen LogP contribution in [0.4, 0.5) is 0 Å². The topological polar surface area (TPSA) is 102 Å². The zero-order valence-electron chi connectivity index (χ0n) is 20.2. The molecular formula is C29H27O7P. The summed E-state index contributed by atoms with van der Waals surface area (Å²) in [5, 5.41) is 0. The molecule has 0 saturated carbocycles. The van der Waals surface area contributed by atoms with Crippen LogP contribution in [0.1, 0.15) is 21.5 Å². The Morgan fingerprint density at radius 3 is 2.03 bits per heavy atom. The minimum absolute atomic E-state index is 0.0682. The van der Waals surface area contributed by atoms with Gasteiger partial charge in [-0.2, -0.15) is 0 Å². The van der Waals surface area contributed by atoms with Gasteiger partial charge in [0.2, 0.25) is 0 Å². The lowest BCUT2D eigenvalue weighted by molar-refractivity contribution is 0.104. The van der Waals surface area contributed by atoms with Crippen molar-refractivity contribution < 1.29 is 33.4 Å². The number of hydrogen-bond donors (Lipinski definition) is 2. The molecule has 190 valence electrons. The van der Waals surface area contributed by atoms with Crippen LogP contribution in [0.25, 0.3) is 11.1 Å². The second-order valence-electron chi connectivity index (χ2n) is 8.33. The molecule has 0 aliphatic carbocycles. The molecule has 0 bridgehead atoms. The van der Waals surface area contributed by atoms with Gasteiger partial charge in [0.15, 0.2) is 0 Å². The Hall–Kier alpha value is -3.74. The molecule has 0 unspecified atom stereocenters. The molecule has 0 fully saturated rings. The first-order chi connectivity index (χ1) is 17.8. The second kappa shape index (κ2) is 12.0. The predicted octanol–water partition coefficient (Wildman–Crippen LogP) is 6.08. The molecular weight excluding hydrogens is 491 g/mol. The summed E-state index contributed by atoms with van der Waals surface area (Å²) in [5.41, 5.74) is 2.48. The third-order valence-corrected chi connectivity index (χ3v) is 6.42. The van der Waals surface area contributed by atoms with Gasteiger partial charge in [0, 0.05) is 19.1 Å². The molecule has 0 amide bonds. The molecule has 0 spiro atoms. The quantitative estimate of drug-likeness (QED) is 0.183. The number of benzene rings is 4. The van der Waals surface area contributed by atoms with Crippen molar-refractivity contribution in [3.05, 3.63) is 114 Å². The number of rotatable bonds is 11. The van der Waals surface area contributed by atoms with Crippen LogP contribution < -0.4 is 9.47 Å². The third kappa shape index (κ3) is 7.15. The van der Waals surface area contributed by atoms with Gasteiger partial charge in [-0.3, -0.25) is 9.36 Å². The van der Waals surface area contributed by atoms with Crippen LogP contribution in [0.15, 0.2) is 97.1 Å². The molecule has 8 heteroatoms. The molecule has 0 saturated heterocycles. The van der Waals surface area contributed by atoms with Crippen LogP contribution in [-0.4, -0.2) is 35.6 Å². The lowest BCUT2D eigenvalue weighted by Crippen LogP contribution is -2.08. The predicted molar refractivity (Wildman–Crippen MR) is 141 cm³/mol. The van der Waals surface area contributed by atoms with E-state index in [1.54, 1.807) is 13.2 Å². The van der Waals surface area contributed by atoms with Gasteiger partial charge in [0.25, 0.3) is 5.52 Å². The first-order valence-corrected chi connectivity index (χ1v) is 13.2. The summed E-state index contributed by atoms with van der Waals surface area (Å²) in [6.45, 7) is 0.673. The average molecular weight is 519 g/mol. The van der Waals surface area contributed by atoms with Crippen molar-refractivity contribution in [2.75, 3.05) is 20.3 Å². The highest BCUT2D eigenvalue weighted by Gasteiger charge is 2.28. The van der Waals surface area contributed by atoms with E-state index in [1.165, 1.54) is 12.1 Å². The minimum Gasteiger partial charge on any atom is -0.491 e. The van der Waals surface area contributed by atoms with Gasteiger partial charge >= 0.3 is 7.60 Å². The standard InChI is InChI=1S/C29H27O7P/c1-34-17-18-35-28-16-11-24(29(30)37(31,32)33)20-25(28)19-21-7-12-26(13-8-21)36-27-14-9-23(10-15-27)22-5-3-2-4-6-22/h2-16,20H,17-19H2,1H3,(H2,31,32,33). The fourth-order valence-corrected chi connectivity index (χ4v) is 4.25. The second-order valence-corrected chi connectivity index (χ2v) is 9.82. The normalized spacial score (nSPS) is 11.2. The largest absolute Gasteiger partial charge is 0.491 e. The zero-order chi connectivity index (χ0) is 26.3. The summed E-state index contributed by atoms with van der Waals surface area (Å²) in [6, 6.07) is 29.8. The van der Waals surface area contributed by atoms with Crippen LogP contribution in [-0.2, 0) is 15.7 Å². The van der Waals surface area contributed by atoms with Crippen molar-refractivity contribution in [2.45, 2.75) is 6.42 Å². The molecule has 4 aromatic carbocycles. The third-order valence-electron chi connectivity index (χ3n) is 5.63. The van der Waals surface area contributed by atoms with Crippen molar-refractivity contribution in [1.29, 1.82) is 0 Å². The van der Waals surface area contributed by atoms with Crippen LogP contribution >= 0.6 is 7.60 Å². The number of ether oxygens (including phenoxy) is 3. The molecule has 0 aliphatic heterocycles. The van der Waals surface area contributed by atoms with Crippen molar-refractivity contribution >= 4 is 13.1 Å². The Morgan fingerprint density at radius 2 is 1.41 bits per heavy atom. The molecule has 0 aliphatic rings. The van der Waals surface area contributed by atoms with E-state index in [4.69, 9.17) is 14.2 Å². The molecule has 7 nitrogen and oxygen atoms in total. The van der Waals surface area contributed by atoms with Gasteiger partial charge in [0.1, 0.15) is 23.9 Å². The van der Waals surface area contributed by atoms with Crippen LogP contribution in [0, 0.1) is 0 Å². The summed E-state index contributed by atoms with van der Waals surface area (Å²) in [5.74, 6) is 1.89. The number of carbonyl (C=O) groups excluding carboxylic acids is 1. The number of methoxy groups -OCH3 is 1. The first-order valence-electron chi connectivity index (χ1n) is 11.6. The van der Waals surface area contributed by atoms with Crippen molar-refractivity contribution in [2.24, 2.45) is 0 Å². The van der Waals surface area contributed by atoms with Crippen LogP contribution in [0.5, 0.6) is 17.2 Å². The van der Waals surface area contributed by atoms with E-state index in [9.17, 15) is 19.1 Å². The van der Waals surface area contributed by atoms with Crippen molar-refractivity contribution in [1.82, 2.24) is 0 Å².